The molecule has 0 saturated heterocycles. The average molecular weight is 741 g/mol. The van der Waals surface area contributed by atoms with Crippen molar-refractivity contribution < 1.29 is 23.5 Å². The molecule has 0 atom stereocenters. The summed E-state index contributed by atoms with van der Waals surface area (Å²) in [4.78, 5) is 28.0. The molecule has 1 N–H and O–H groups in total. The molecule has 2 aliphatic heterocycles. The highest BCUT2D eigenvalue weighted by molar-refractivity contribution is 5.96. The normalized spacial score (nSPS) is 15.1. The Morgan fingerprint density at radius 2 is 1.13 bits per heavy atom. The molecule has 1 aliphatic carbocycles. The van der Waals surface area contributed by atoms with Gasteiger partial charge in [0.25, 0.3) is 0 Å². The Morgan fingerprint density at radius 3 is 1.60 bits per heavy atom. The Bertz CT molecular complexity index is 2410. The van der Waals surface area contributed by atoms with Crippen molar-refractivity contribution in [2.45, 2.75) is 58.5 Å². The zero-order valence-corrected chi connectivity index (χ0v) is 30.9. The summed E-state index contributed by atoms with van der Waals surface area (Å²) < 4.78 is 32.8. The number of halogens is 2. The van der Waals surface area contributed by atoms with Gasteiger partial charge in [0.05, 0.1) is 41.4 Å². The second kappa shape index (κ2) is 15.2. The first-order valence-electron chi connectivity index (χ1n) is 18.6. The Morgan fingerprint density at radius 1 is 0.655 bits per heavy atom. The Balaban J connectivity index is 0.000000156. The number of carbonyl (C=O) groups excluding carboxylic acids is 1. The van der Waals surface area contributed by atoms with Crippen LogP contribution >= 0.6 is 0 Å². The molecule has 9 rings (SSSR count). The highest BCUT2D eigenvalue weighted by atomic mass is 19.1. The molecule has 4 aromatic carbocycles. The van der Waals surface area contributed by atoms with Crippen molar-refractivity contribution >= 4 is 11.8 Å². The maximum Gasteiger partial charge on any atom is 0.335 e. The Kier molecular flexibility index (Phi) is 9.98. The lowest BCUT2D eigenvalue weighted by molar-refractivity contribution is 0.0696. The predicted molar refractivity (Wildman–Crippen MR) is 205 cm³/mol. The van der Waals surface area contributed by atoms with Gasteiger partial charge in [-0.3, -0.25) is 24.0 Å². The largest absolute Gasteiger partial charge is 0.478 e. The van der Waals surface area contributed by atoms with E-state index in [0.29, 0.717) is 43.1 Å². The molecule has 55 heavy (non-hydrogen) atoms. The van der Waals surface area contributed by atoms with Crippen LogP contribution in [0.15, 0.2) is 97.1 Å². The van der Waals surface area contributed by atoms with Crippen LogP contribution in [0.2, 0.25) is 0 Å². The highest BCUT2D eigenvalue weighted by Crippen LogP contribution is 2.36. The van der Waals surface area contributed by atoms with Crippen LogP contribution in [0.1, 0.15) is 73.6 Å². The minimum Gasteiger partial charge on any atom is -0.478 e. The lowest BCUT2D eigenvalue weighted by Gasteiger charge is -2.13. The molecule has 0 bridgehead atoms. The smallest absolute Gasteiger partial charge is 0.335 e. The summed E-state index contributed by atoms with van der Waals surface area (Å²) in [6.07, 6.45) is 2.99. The quantitative estimate of drug-likeness (QED) is 0.142. The van der Waals surface area contributed by atoms with Crippen LogP contribution in [-0.2, 0) is 39.3 Å². The summed E-state index contributed by atoms with van der Waals surface area (Å²) in [5.74, 6) is -0.700. The summed E-state index contributed by atoms with van der Waals surface area (Å²) in [5.41, 5.74) is 9.62. The van der Waals surface area contributed by atoms with Crippen molar-refractivity contribution in [1.29, 1.82) is 0 Å². The molecule has 0 radical (unpaired) electrons. The lowest BCUT2D eigenvalue weighted by Crippen LogP contribution is -2.13. The number of carboxylic acid groups (broad SMARTS) is 1. The van der Waals surface area contributed by atoms with Gasteiger partial charge in [-0.25, -0.2) is 13.6 Å². The fourth-order valence-electron chi connectivity index (χ4n) is 7.68. The highest BCUT2D eigenvalue weighted by Gasteiger charge is 2.29. The van der Waals surface area contributed by atoms with E-state index < -0.39 is 5.97 Å². The van der Waals surface area contributed by atoms with Gasteiger partial charge in [0.15, 0.2) is 5.78 Å². The fourth-order valence-corrected chi connectivity index (χ4v) is 7.68. The van der Waals surface area contributed by atoms with Crippen molar-refractivity contribution in [2.24, 2.45) is 5.92 Å². The maximum atomic E-state index is 14.6. The van der Waals surface area contributed by atoms with E-state index in [1.54, 1.807) is 41.1 Å². The zero-order chi connectivity index (χ0) is 38.2. The molecule has 0 unspecified atom stereocenters. The molecule has 0 amide bonds. The Labute approximate surface area is 318 Å². The number of benzene rings is 4. The van der Waals surface area contributed by atoms with Gasteiger partial charge in [-0.15, -0.1) is 0 Å². The van der Waals surface area contributed by atoms with E-state index >= 15 is 0 Å². The van der Waals surface area contributed by atoms with E-state index in [-0.39, 0.29) is 23.0 Å². The van der Waals surface area contributed by atoms with Gasteiger partial charge < -0.3 is 5.11 Å². The summed E-state index contributed by atoms with van der Waals surface area (Å²) in [5, 5.41) is 18.7. The first kappa shape index (κ1) is 36.2. The number of Topliss-reactive ketones (excluding diaryl/α,β-unsaturated/α-hetero) is 1. The number of aromatic nitrogens is 4. The van der Waals surface area contributed by atoms with Gasteiger partial charge in [0.2, 0.25) is 0 Å². The van der Waals surface area contributed by atoms with Crippen molar-refractivity contribution in [2.75, 3.05) is 14.1 Å². The summed E-state index contributed by atoms with van der Waals surface area (Å²) in [6, 6.07) is 28.1. The molecule has 3 aliphatic rings. The SMILES string of the molecule is CN1Cc2nn(Cc3cccc(C(=O)CC4CC4)c3)c(-c3ccccc3F)c2C1.CN1Cc2nn(Cc3cccc(C(=O)O)c3)c(-c3ccccc3F)c2C1. The first-order chi connectivity index (χ1) is 26.6. The summed E-state index contributed by atoms with van der Waals surface area (Å²) >= 11 is 0. The van der Waals surface area contributed by atoms with Crippen LogP contribution in [0.4, 0.5) is 8.78 Å². The standard InChI is InChI=1S/C24H24FN3O.C20H18FN3O2/c1-27-14-20-22(15-27)26-28(24(20)19-7-2-3-8-21(19)25)13-17-5-4-6-18(11-17)23(29)12-16-9-10-16;1-23-11-16-18(12-23)22-24(19(16)15-7-2-3-8-17(15)21)10-13-5-4-6-14(9-13)20(25)26/h2-8,11,16H,9-10,12-15H2,1H3;2-9H,10-12H2,1H3,(H,25,26). The number of ketones is 1. The molecule has 1 saturated carbocycles. The van der Waals surface area contributed by atoms with Gasteiger partial charge in [-0.1, -0.05) is 54.6 Å². The van der Waals surface area contributed by atoms with Crippen LogP contribution in [0.3, 0.4) is 0 Å². The number of carboxylic acids is 1. The fraction of sp³-hybridized carbons (Fsp3) is 0.273. The third kappa shape index (κ3) is 7.76. The van der Waals surface area contributed by atoms with E-state index in [0.717, 1.165) is 70.2 Å². The number of rotatable bonds is 10. The first-order valence-corrected chi connectivity index (χ1v) is 18.6. The average Bonchev–Trinajstić information content (AvgIpc) is 3.52. The van der Waals surface area contributed by atoms with Crippen LogP contribution in [-0.4, -0.2) is 60.3 Å². The summed E-state index contributed by atoms with van der Waals surface area (Å²) in [6.45, 7) is 3.88. The third-order valence-electron chi connectivity index (χ3n) is 10.5. The lowest BCUT2D eigenvalue weighted by atomic mass is 10.0. The monoisotopic (exact) mass is 740 g/mol. The van der Waals surface area contributed by atoms with Gasteiger partial charge in [-0.05, 0) is 86.4 Å². The number of carbonyl (C=O) groups is 2. The predicted octanol–water partition coefficient (Wildman–Crippen LogP) is 8.05. The molecule has 0 spiro atoms. The van der Waals surface area contributed by atoms with E-state index in [1.807, 2.05) is 67.3 Å². The number of hydrogen-bond donors (Lipinski definition) is 1. The molecule has 6 aromatic rings. The molecule has 9 nitrogen and oxygen atoms in total. The maximum absolute atomic E-state index is 14.6. The van der Waals surface area contributed by atoms with E-state index in [1.165, 1.54) is 25.0 Å². The number of fused-ring (bicyclic) bond motifs is 2. The second-order valence-corrected chi connectivity index (χ2v) is 14.9. The second-order valence-electron chi connectivity index (χ2n) is 14.9. The van der Waals surface area contributed by atoms with Gasteiger partial charge >= 0.3 is 5.97 Å². The molecule has 280 valence electrons. The zero-order valence-electron chi connectivity index (χ0n) is 30.9. The summed E-state index contributed by atoms with van der Waals surface area (Å²) in [7, 11) is 4.06. The number of hydrogen-bond acceptors (Lipinski definition) is 6. The molecular formula is C44H42F2N6O3. The van der Waals surface area contributed by atoms with E-state index in [9.17, 15) is 23.5 Å². The van der Waals surface area contributed by atoms with Crippen molar-refractivity contribution in [3.63, 3.8) is 0 Å². The minimum absolute atomic E-state index is 0.216. The van der Waals surface area contributed by atoms with E-state index in [2.05, 4.69) is 14.9 Å². The Hall–Kier alpha value is -5.78. The van der Waals surface area contributed by atoms with Gasteiger partial charge in [0, 0.05) is 60.4 Å². The van der Waals surface area contributed by atoms with Crippen molar-refractivity contribution in [3.05, 3.63) is 153 Å². The van der Waals surface area contributed by atoms with Gasteiger partial charge in [0.1, 0.15) is 11.6 Å². The molecule has 4 heterocycles. The molecule has 11 heteroatoms. The molecule has 2 aromatic heterocycles. The van der Waals surface area contributed by atoms with Crippen LogP contribution in [0.5, 0.6) is 0 Å². The minimum atomic E-state index is -0.967. The van der Waals surface area contributed by atoms with Crippen molar-refractivity contribution in [1.82, 2.24) is 29.4 Å². The van der Waals surface area contributed by atoms with Crippen LogP contribution < -0.4 is 0 Å². The molecule has 1 fully saturated rings. The van der Waals surface area contributed by atoms with Gasteiger partial charge in [-0.2, -0.15) is 10.2 Å². The number of nitrogens with zero attached hydrogens (tertiary/aromatic N) is 6. The van der Waals surface area contributed by atoms with Crippen LogP contribution in [0, 0.1) is 17.6 Å². The van der Waals surface area contributed by atoms with Crippen LogP contribution in [0.25, 0.3) is 22.5 Å². The van der Waals surface area contributed by atoms with E-state index in [4.69, 9.17) is 5.10 Å². The third-order valence-corrected chi connectivity index (χ3v) is 10.5. The number of aromatic carboxylic acids is 1. The van der Waals surface area contributed by atoms with Crippen molar-refractivity contribution in [3.8, 4) is 22.5 Å². The topological polar surface area (TPSA) is 96.5 Å². The molecular weight excluding hydrogens is 699 g/mol.